The molecular formula is C29H32N4O3. The molecule has 0 fully saturated rings. The van der Waals surface area contributed by atoms with Gasteiger partial charge in [0.15, 0.2) is 0 Å². The van der Waals surface area contributed by atoms with Crippen LogP contribution >= 0.6 is 0 Å². The Morgan fingerprint density at radius 2 is 1.78 bits per heavy atom. The fourth-order valence-corrected chi connectivity index (χ4v) is 4.46. The third kappa shape index (κ3) is 5.31. The van der Waals surface area contributed by atoms with Crippen LogP contribution in [0.25, 0.3) is 22.2 Å². The summed E-state index contributed by atoms with van der Waals surface area (Å²) >= 11 is 0. The van der Waals surface area contributed by atoms with Crippen molar-refractivity contribution < 1.29 is 14.7 Å². The number of likely N-dealkylation sites (N-methyl/N-ethyl adjacent to an activating group) is 1. The second kappa shape index (κ2) is 11.2. The first-order valence-electron chi connectivity index (χ1n) is 12.3. The van der Waals surface area contributed by atoms with E-state index in [0.29, 0.717) is 30.8 Å². The normalized spacial score (nSPS) is 11.1. The van der Waals surface area contributed by atoms with Gasteiger partial charge in [-0.2, -0.15) is 0 Å². The molecule has 0 atom stereocenters. The van der Waals surface area contributed by atoms with Crippen molar-refractivity contribution in [2.45, 2.75) is 33.2 Å². The molecule has 0 aliphatic rings. The summed E-state index contributed by atoms with van der Waals surface area (Å²) < 4.78 is 2.19. The standard InChI is InChI=1S/C29H32N4O3/c1-4-7-26-32-27-19(2)16-22(28(34)31-15-14-30-3)17-25(27)33(26)18-20-10-12-21(13-11-20)23-8-5-6-9-24(23)29(35)36/h5-6,8-13,16-17,30H,4,7,14-15,18H2,1-3H3,(H,31,34)(H,35,36). The van der Waals surface area contributed by atoms with E-state index in [1.54, 1.807) is 12.1 Å². The Labute approximate surface area is 211 Å². The van der Waals surface area contributed by atoms with Crippen molar-refractivity contribution in [1.29, 1.82) is 0 Å². The first kappa shape index (κ1) is 25.1. The van der Waals surface area contributed by atoms with E-state index >= 15 is 0 Å². The van der Waals surface area contributed by atoms with Crippen LogP contribution in [0.3, 0.4) is 0 Å². The van der Waals surface area contributed by atoms with E-state index in [2.05, 4.69) is 22.1 Å². The molecule has 0 saturated heterocycles. The van der Waals surface area contributed by atoms with Gasteiger partial charge >= 0.3 is 5.97 Å². The van der Waals surface area contributed by atoms with Gasteiger partial charge in [-0.15, -0.1) is 0 Å². The monoisotopic (exact) mass is 484 g/mol. The highest BCUT2D eigenvalue weighted by molar-refractivity contribution is 5.98. The predicted octanol–water partition coefficient (Wildman–Crippen LogP) is 4.66. The third-order valence-corrected chi connectivity index (χ3v) is 6.28. The molecule has 186 valence electrons. The van der Waals surface area contributed by atoms with Crippen molar-refractivity contribution in [2.24, 2.45) is 0 Å². The lowest BCUT2D eigenvalue weighted by molar-refractivity contribution is 0.0697. The molecule has 1 aromatic heterocycles. The molecule has 0 saturated carbocycles. The number of amides is 1. The van der Waals surface area contributed by atoms with E-state index < -0.39 is 5.97 Å². The van der Waals surface area contributed by atoms with E-state index in [0.717, 1.165) is 46.4 Å². The number of imidazole rings is 1. The number of nitrogens with one attached hydrogen (secondary N) is 2. The summed E-state index contributed by atoms with van der Waals surface area (Å²) in [5.41, 5.74) is 6.37. The molecule has 0 aliphatic carbocycles. The minimum atomic E-state index is -0.940. The van der Waals surface area contributed by atoms with Gasteiger partial charge in [0.05, 0.1) is 16.6 Å². The van der Waals surface area contributed by atoms with Gasteiger partial charge in [0, 0.05) is 31.6 Å². The topological polar surface area (TPSA) is 96.3 Å². The van der Waals surface area contributed by atoms with Gasteiger partial charge in [-0.05, 0) is 60.8 Å². The average molecular weight is 485 g/mol. The smallest absolute Gasteiger partial charge is 0.336 e. The van der Waals surface area contributed by atoms with Crippen LogP contribution in [0.4, 0.5) is 0 Å². The number of carboxylic acids is 1. The number of carbonyl (C=O) groups is 2. The van der Waals surface area contributed by atoms with Crippen molar-refractivity contribution in [2.75, 3.05) is 20.1 Å². The maximum atomic E-state index is 12.8. The van der Waals surface area contributed by atoms with Crippen molar-refractivity contribution >= 4 is 22.9 Å². The highest BCUT2D eigenvalue weighted by Crippen LogP contribution is 2.27. The Kier molecular flexibility index (Phi) is 7.80. The summed E-state index contributed by atoms with van der Waals surface area (Å²) in [6, 6.07) is 18.8. The zero-order valence-electron chi connectivity index (χ0n) is 21.0. The summed E-state index contributed by atoms with van der Waals surface area (Å²) in [7, 11) is 1.85. The lowest BCUT2D eigenvalue weighted by Crippen LogP contribution is -2.30. The fraction of sp³-hybridized carbons (Fsp3) is 0.276. The van der Waals surface area contributed by atoms with Crippen molar-refractivity contribution in [3.05, 3.63) is 88.7 Å². The maximum Gasteiger partial charge on any atom is 0.336 e. The Bertz CT molecular complexity index is 1390. The van der Waals surface area contributed by atoms with E-state index in [1.165, 1.54) is 0 Å². The number of aromatic carboxylic acids is 1. The van der Waals surface area contributed by atoms with Crippen molar-refractivity contribution in [3.63, 3.8) is 0 Å². The average Bonchev–Trinajstić information content (AvgIpc) is 3.22. The highest BCUT2D eigenvalue weighted by Gasteiger charge is 2.17. The molecule has 7 nitrogen and oxygen atoms in total. The summed E-state index contributed by atoms with van der Waals surface area (Å²) in [6.07, 6.45) is 1.80. The van der Waals surface area contributed by atoms with Gasteiger partial charge in [-0.3, -0.25) is 4.79 Å². The van der Waals surface area contributed by atoms with Crippen LogP contribution in [-0.4, -0.2) is 46.7 Å². The van der Waals surface area contributed by atoms with Crippen LogP contribution in [0.1, 0.15) is 51.0 Å². The molecule has 0 unspecified atom stereocenters. The quantitative estimate of drug-likeness (QED) is 0.285. The molecule has 0 radical (unpaired) electrons. The number of rotatable bonds is 10. The van der Waals surface area contributed by atoms with Gasteiger partial charge in [0.1, 0.15) is 5.82 Å². The summed E-state index contributed by atoms with van der Waals surface area (Å²) in [4.78, 5) is 29.3. The number of nitrogens with zero attached hydrogens (tertiary/aromatic N) is 2. The third-order valence-electron chi connectivity index (χ3n) is 6.28. The van der Waals surface area contributed by atoms with Gasteiger partial charge < -0.3 is 20.3 Å². The number of fused-ring (bicyclic) bond motifs is 1. The van der Waals surface area contributed by atoms with Crippen molar-refractivity contribution in [3.8, 4) is 11.1 Å². The minimum absolute atomic E-state index is 0.0958. The van der Waals surface area contributed by atoms with E-state index in [9.17, 15) is 14.7 Å². The SMILES string of the molecule is CCCc1nc2c(C)cc(C(=O)NCCNC)cc2n1Cc1ccc(-c2ccccc2C(=O)O)cc1. The van der Waals surface area contributed by atoms with E-state index in [1.807, 2.05) is 62.5 Å². The molecule has 4 aromatic rings. The van der Waals surface area contributed by atoms with E-state index in [4.69, 9.17) is 4.98 Å². The summed E-state index contributed by atoms with van der Waals surface area (Å²) in [6.45, 7) is 6.00. The number of carboxylic acid groups (broad SMARTS) is 1. The van der Waals surface area contributed by atoms with E-state index in [-0.39, 0.29) is 11.5 Å². The predicted molar refractivity (Wildman–Crippen MR) is 143 cm³/mol. The molecule has 1 heterocycles. The Hall–Kier alpha value is -3.97. The van der Waals surface area contributed by atoms with Crippen LogP contribution in [0, 0.1) is 6.92 Å². The Morgan fingerprint density at radius 3 is 2.47 bits per heavy atom. The zero-order chi connectivity index (χ0) is 25.7. The maximum absolute atomic E-state index is 12.8. The molecule has 1 amide bonds. The highest BCUT2D eigenvalue weighted by atomic mass is 16.4. The van der Waals surface area contributed by atoms with Crippen LogP contribution < -0.4 is 10.6 Å². The number of aromatic nitrogens is 2. The number of carbonyl (C=O) groups excluding carboxylic acids is 1. The van der Waals surface area contributed by atoms with Crippen LogP contribution in [0.15, 0.2) is 60.7 Å². The Morgan fingerprint density at radius 1 is 1.03 bits per heavy atom. The number of hydrogen-bond acceptors (Lipinski definition) is 4. The molecule has 36 heavy (non-hydrogen) atoms. The van der Waals surface area contributed by atoms with Crippen molar-refractivity contribution in [1.82, 2.24) is 20.2 Å². The van der Waals surface area contributed by atoms with Crippen LogP contribution in [0.2, 0.25) is 0 Å². The summed E-state index contributed by atoms with van der Waals surface area (Å²) in [5.74, 6) is -0.0462. The second-order valence-corrected chi connectivity index (χ2v) is 8.93. The van der Waals surface area contributed by atoms with Gasteiger partial charge in [-0.1, -0.05) is 49.4 Å². The zero-order valence-corrected chi connectivity index (χ0v) is 21.0. The van der Waals surface area contributed by atoms with Gasteiger partial charge in [-0.25, -0.2) is 9.78 Å². The first-order valence-corrected chi connectivity index (χ1v) is 12.3. The molecule has 3 N–H and O–H groups in total. The first-order chi connectivity index (χ1) is 17.4. The van der Waals surface area contributed by atoms with Gasteiger partial charge in [0.2, 0.25) is 0 Å². The Balaban J connectivity index is 1.69. The minimum Gasteiger partial charge on any atom is -0.478 e. The molecule has 0 spiro atoms. The van der Waals surface area contributed by atoms with Crippen LogP contribution in [0.5, 0.6) is 0 Å². The largest absolute Gasteiger partial charge is 0.478 e. The van der Waals surface area contributed by atoms with Gasteiger partial charge in [0.25, 0.3) is 5.91 Å². The molecule has 7 heteroatoms. The molecular weight excluding hydrogens is 452 g/mol. The molecule has 0 aliphatic heterocycles. The fourth-order valence-electron chi connectivity index (χ4n) is 4.46. The van der Waals surface area contributed by atoms with Crippen LogP contribution in [-0.2, 0) is 13.0 Å². The number of hydrogen-bond donors (Lipinski definition) is 3. The molecule has 3 aromatic carbocycles. The molecule has 0 bridgehead atoms. The molecule has 4 rings (SSSR count). The lowest BCUT2D eigenvalue weighted by atomic mass is 9.98. The summed E-state index contributed by atoms with van der Waals surface area (Å²) in [5, 5.41) is 15.5. The number of aryl methyl sites for hydroxylation is 2. The number of benzene rings is 3. The second-order valence-electron chi connectivity index (χ2n) is 8.93. The lowest BCUT2D eigenvalue weighted by Gasteiger charge is -2.12.